The van der Waals surface area contributed by atoms with Gasteiger partial charge < -0.3 is 10.0 Å². The Morgan fingerprint density at radius 1 is 1.03 bits per heavy atom. The maximum atomic E-state index is 12.4. The van der Waals surface area contributed by atoms with E-state index in [2.05, 4.69) is 9.71 Å². The number of imide groups is 1. The first-order valence-corrected chi connectivity index (χ1v) is 9.77. The van der Waals surface area contributed by atoms with Gasteiger partial charge in [-0.05, 0) is 19.3 Å². The third-order valence-corrected chi connectivity index (χ3v) is 5.18. The van der Waals surface area contributed by atoms with Gasteiger partial charge in [0.15, 0.2) is 0 Å². The lowest BCUT2D eigenvalue weighted by molar-refractivity contribution is -0.136. The summed E-state index contributed by atoms with van der Waals surface area (Å²) in [6.45, 7) is -0.0374. The Kier molecular flexibility index (Phi) is 5.33. The van der Waals surface area contributed by atoms with Crippen molar-refractivity contribution in [1.29, 1.82) is 0 Å². The van der Waals surface area contributed by atoms with Gasteiger partial charge in [0.2, 0.25) is 5.91 Å². The number of nitrogens with zero attached hydrogens (tertiary/aromatic N) is 3. The zero-order chi connectivity index (χ0) is 21.5. The lowest BCUT2D eigenvalue weighted by Crippen LogP contribution is -2.57. The van der Waals surface area contributed by atoms with E-state index in [9.17, 15) is 32.4 Å². The third kappa shape index (κ3) is 4.08. The average molecular weight is 435 g/mol. The SMILES string of the molecule is O=C(NNC(=O)[C@@H]1CCC(=O)N1C(=O)O)[C@@H]1CC[C@@H]2CN1C(=O)N2OS(=O)(=O)O. The van der Waals surface area contributed by atoms with Crippen LogP contribution in [-0.2, 0) is 29.1 Å². The summed E-state index contributed by atoms with van der Waals surface area (Å²) >= 11 is 0. The summed E-state index contributed by atoms with van der Waals surface area (Å²) in [7, 11) is -4.92. The number of hydroxylamine groups is 2. The molecule has 6 amide bonds. The van der Waals surface area contributed by atoms with Crippen LogP contribution < -0.4 is 10.9 Å². The van der Waals surface area contributed by atoms with Crippen molar-refractivity contribution < 1.29 is 46.3 Å². The van der Waals surface area contributed by atoms with E-state index >= 15 is 0 Å². The van der Waals surface area contributed by atoms with E-state index in [4.69, 9.17) is 9.66 Å². The minimum atomic E-state index is -4.92. The fourth-order valence-corrected chi connectivity index (χ4v) is 3.95. The number of amides is 6. The first kappa shape index (κ1) is 20.7. The molecule has 0 spiro atoms. The molecule has 3 aliphatic rings. The Morgan fingerprint density at radius 2 is 1.66 bits per heavy atom. The highest BCUT2D eigenvalue weighted by Crippen LogP contribution is 2.30. The highest BCUT2D eigenvalue weighted by Gasteiger charge is 2.49. The van der Waals surface area contributed by atoms with Gasteiger partial charge in [0.25, 0.3) is 11.8 Å². The predicted octanol–water partition coefficient (Wildman–Crippen LogP) is -2.19. The molecule has 160 valence electrons. The fourth-order valence-electron chi connectivity index (χ4n) is 3.57. The Morgan fingerprint density at radius 3 is 2.24 bits per heavy atom. The molecule has 0 unspecified atom stereocenters. The molecule has 3 saturated heterocycles. The molecule has 3 heterocycles. The normalized spacial score (nSPS) is 26.7. The van der Waals surface area contributed by atoms with Crippen LogP contribution in [0.25, 0.3) is 0 Å². The lowest BCUT2D eigenvalue weighted by atomic mass is 10.0. The van der Waals surface area contributed by atoms with E-state index in [1.807, 2.05) is 5.43 Å². The van der Waals surface area contributed by atoms with Gasteiger partial charge in [0, 0.05) is 13.0 Å². The smallest absolute Gasteiger partial charge is 0.418 e. The van der Waals surface area contributed by atoms with E-state index in [0.29, 0.717) is 9.96 Å². The number of carbonyl (C=O) groups excluding carboxylic acids is 4. The van der Waals surface area contributed by atoms with Crippen LogP contribution in [0.5, 0.6) is 0 Å². The quantitative estimate of drug-likeness (QED) is 0.277. The van der Waals surface area contributed by atoms with Gasteiger partial charge in [-0.1, -0.05) is 0 Å². The van der Waals surface area contributed by atoms with Crippen LogP contribution in [0.2, 0.25) is 0 Å². The second-order valence-corrected chi connectivity index (χ2v) is 7.59. The van der Waals surface area contributed by atoms with Crippen molar-refractivity contribution in [2.75, 3.05) is 6.54 Å². The molecule has 15 nitrogen and oxygen atoms in total. The summed E-state index contributed by atoms with van der Waals surface area (Å²) in [5.74, 6) is -2.45. The molecule has 3 rings (SSSR count). The third-order valence-electron chi connectivity index (χ3n) is 4.83. The van der Waals surface area contributed by atoms with Crippen LogP contribution in [0, 0.1) is 0 Å². The molecule has 0 aromatic heterocycles. The van der Waals surface area contributed by atoms with E-state index in [-0.39, 0.29) is 32.2 Å². The van der Waals surface area contributed by atoms with Gasteiger partial charge in [-0.2, -0.15) is 13.5 Å². The maximum absolute atomic E-state index is 12.4. The number of nitrogens with one attached hydrogen (secondary N) is 2. The van der Waals surface area contributed by atoms with Gasteiger partial charge in [0.05, 0.1) is 6.04 Å². The molecule has 3 atom stereocenters. The number of fused-ring (bicyclic) bond motifs is 2. The van der Waals surface area contributed by atoms with Crippen LogP contribution in [0.1, 0.15) is 25.7 Å². The summed E-state index contributed by atoms with van der Waals surface area (Å²) in [6, 6.07) is -3.98. The number of piperidine rings is 1. The highest BCUT2D eigenvalue weighted by molar-refractivity contribution is 7.80. The summed E-state index contributed by atoms with van der Waals surface area (Å²) in [5, 5.41) is 9.47. The molecule has 0 aliphatic carbocycles. The van der Waals surface area contributed by atoms with Crippen molar-refractivity contribution in [3.05, 3.63) is 0 Å². The predicted molar refractivity (Wildman–Crippen MR) is 87.6 cm³/mol. The zero-order valence-corrected chi connectivity index (χ0v) is 15.5. The van der Waals surface area contributed by atoms with Crippen molar-refractivity contribution in [3.8, 4) is 0 Å². The molecule has 3 fully saturated rings. The molecule has 0 aromatic carbocycles. The van der Waals surface area contributed by atoms with Gasteiger partial charge in [0.1, 0.15) is 12.1 Å². The number of rotatable bonds is 4. The number of carboxylic acid groups (broad SMARTS) is 1. The summed E-state index contributed by atoms with van der Waals surface area (Å²) < 4.78 is 34.7. The zero-order valence-electron chi connectivity index (χ0n) is 14.7. The van der Waals surface area contributed by atoms with E-state index in [1.54, 1.807) is 0 Å². The highest BCUT2D eigenvalue weighted by atomic mass is 32.3. The van der Waals surface area contributed by atoms with Crippen molar-refractivity contribution in [3.63, 3.8) is 0 Å². The van der Waals surface area contributed by atoms with Crippen LogP contribution in [0.15, 0.2) is 0 Å². The van der Waals surface area contributed by atoms with Crippen molar-refractivity contribution in [1.82, 2.24) is 25.7 Å². The number of urea groups is 1. The van der Waals surface area contributed by atoms with Crippen molar-refractivity contribution in [2.24, 2.45) is 0 Å². The van der Waals surface area contributed by atoms with Crippen LogP contribution >= 0.6 is 0 Å². The molecule has 16 heteroatoms. The summed E-state index contributed by atoms with van der Waals surface area (Å²) in [6.07, 6.45) is -1.45. The standard InChI is InChI=1S/C13H17N5O10S/c19-9-4-3-8(17(9)13(23)24)11(21)15-14-10(20)7-2-1-6-5-16(7)12(22)18(6)28-29(25,26)27/h6-8H,1-5H2,(H,14,20)(H,15,21)(H,23,24)(H,25,26,27)/t6-,7+,8+/m1/s1. The maximum Gasteiger partial charge on any atom is 0.418 e. The molecular weight excluding hydrogens is 418 g/mol. The number of likely N-dealkylation sites (tertiary alicyclic amines) is 1. The summed E-state index contributed by atoms with van der Waals surface area (Å²) in [5.41, 5.74) is 4.11. The van der Waals surface area contributed by atoms with Gasteiger partial charge in [-0.15, -0.1) is 4.28 Å². The molecule has 0 radical (unpaired) electrons. The second-order valence-electron chi connectivity index (χ2n) is 6.59. The number of carbonyl (C=O) groups is 5. The molecule has 4 N–H and O–H groups in total. The largest absolute Gasteiger partial charge is 0.465 e. The first-order valence-electron chi connectivity index (χ1n) is 8.41. The topological polar surface area (TPSA) is 203 Å². The Labute approximate surface area is 163 Å². The van der Waals surface area contributed by atoms with E-state index < -0.39 is 58.4 Å². The molecule has 29 heavy (non-hydrogen) atoms. The van der Waals surface area contributed by atoms with Crippen molar-refractivity contribution >= 4 is 40.2 Å². The van der Waals surface area contributed by atoms with Gasteiger partial charge in [-0.3, -0.25) is 29.8 Å². The molecule has 0 aromatic rings. The second kappa shape index (κ2) is 7.45. The van der Waals surface area contributed by atoms with Crippen LogP contribution in [-0.4, -0.2) is 87.5 Å². The van der Waals surface area contributed by atoms with Gasteiger partial charge in [-0.25, -0.2) is 14.5 Å². The summed E-state index contributed by atoms with van der Waals surface area (Å²) in [4.78, 5) is 60.8. The lowest BCUT2D eigenvalue weighted by Gasteiger charge is -2.29. The van der Waals surface area contributed by atoms with Crippen LogP contribution in [0.3, 0.4) is 0 Å². The molecule has 2 bridgehead atoms. The first-order chi connectivity index (χ1) is 13.5. The monoisotopic (exact) mass is 435 g/mol. The number of hydrogen-bond acceptors (Lipinski definition) is 8. The number of hydrogen-bond donors (Lipinski definition) is 4. The molecule has 0 saturated carbocycles. The minimum Gasteiger partial charge on any atom is -0.465 e. The molecule has 3 aliphatic heterocycles. The number of hydrazine groups is 1. The Hall–Kier alpha value is -2.98. The fraction of sp³-hybridized carbons (Fsp3) is 0.615. The Bertz CT molecular complexity index is 875. The van der Waals surface area contributed by atoms with Crippen molar-refractivity contribution in [2.45, 2.75) is 43.8 Å². The van der Waals surface area contributed by atoms with Crippen LogP contribution in [0.4, 0.5) is 9.59 Å². The van der Waals surface area contributed by atoms with E-state index in [1.165, 1.54) is 0 Å². The Balaban J connectivity index is 1.59. The molecular formula is C13H17N5O10S. The van der Waals surface area contributed by atoms with Gasteiger partial charge >= 0.3 is 22.5 Å². The minimum absolute atomic E-state index is 0.0372. The average Bonchev–Trinajstić information content (AvgIpc) is 3.12. The van der Waals surface area contributed by atoms with E-state index in [0.717, 1.165) is 4.90 Å².